The summed E-state index contributed by atoms with van der Waals surface area (Å²) in [4.78, 5) is 16.3. The quantitative estimate of drug-likeness (QED) is 0.483. The number of hydrogen-bond donors (Lipinski definition) is 0. The second-order valence-corrected chi connectivity index (χ2v) is 10.0. The van der Waals surface area contributed by atoms with Crippen LogP contribution in [0.3, 0.4) is 0 Å². The fourth-order valence-corrected chi connectivity index (χ4v) is 5.53. The average molecular weight is 446 g/mol. The Morgan fingerprint density at radius 1 is 1.21 bits per heavy atom. The molecule has 176 valence electrons. The Labute approximate surface area is 199 Å². The van der Waals surface area contributed by atoms with Crippen LogP contribution in [0.15, 0.2) is 41.5 Å². The van der Waals surface area contributed by atoms with Gasteiger partial charge in [-0.25, -0.2) is 0 Å². The van der Waals surface area contributed by atoms with Gasteiger partial charge in [0.1, 0.15) is 0 Å². The maximum Gasteiger partial charge on any atom is 0.234 e. The number of carbonyl (C=O) groups excluding carboxylic acids is 1. The molecule has 0 spiro atoms. The highest BCUT2D eigenvalue weighted by Gasteiger charge is 2.33. The number of carbonyl (C=O) groups is 1. The van der Waals surface area contributed by atoms with Crippen LogP contribution in [0.4, 0.5) is 5.69 Å². The van der Waals surface area contributed by atoms with Gasteiger partial charge in [-0.2, -0.15) is 5.10 Å². The van der Waals surface area contributed by atoms with Crippen molar-refractivity contribution in [2.75, 3.05) is 4.90 Å². The van der Waals surface area contributed by atoms with Crippen molar-refractivity contribution < 1.29 is 4.79 Å². The predicted octanol–water partition coefficient (Wildman–Crippen LogP) is 6.93. The number of benzene rings is 1. The molecule has 1 atom stereocenters. The standard InChI is InChI=1S/C29H39N3O/c1-7-32-22(6)27(21(5)30-32)18-31(28-16-15-24(19(2)3)17-20(28)4)29(33)26-14-10-12-23-11-8-9-13-25(23)26/h9,13,15-17,19,26H,7-8,10-12,14,18H2,1-6H3. The van der Waals surface area contributed by atoms with Crippen LogP contribution in [0.5, 0.6) is 0 Å². The van der Waals surface area contributed by atoms with E-state index in [1.54, 1.807) is 0 Å². The molecule has 0 radical (unpaired) electrons. The summed E-state index contributed by atoms with van der Waals surface area (Å²) < 4.78 is 2.05. The molecule has 0 bridgehead atoms. The zero-order valence-electron chi connectivity index (χ0n) is 21.2. The molecule has 2 aliphatic carbocycles. The van der Waals surface area contributed by atoms with E-state index in [0.717, 1.165) is 61.3 Å². The SMILES string of the molecule is CCn1nc(C)c(CN(C(=O)C2CCCC3=C2C=CCC3)c2ccc(C(C)C)cc2C)c1C. The molecular formula is C29H39N3O. The van der Waals surface area contributed by atoms with Crippen molar-refractivity contribution in [1.29, 1.82) is 0 Å². The molecule has 1 aromatic heterocycles. The Morgan fingerprint density at radius 2 is 2.00 bits per heavy atom. The molecule has 1 amide bonds. The molecule has 1 unspecified atom stereocenters. The second kappa shape index (κ2) is 9.70. The maximum atomic E-state index is 14.3. The lowest BCUT2D eigenvalue weighted by molar-refractivity contribution is -0.121. The topological polar surface area (TPSA) is 38.1 Å². The van der Waals surface area contributed by atoms with E-state index < -0.39 is 0 Å². The Bertz CT molecular complexity index is 1100. The molecule has 4 rings (SSSR count). The van der Waals surface area contributed by atoms with Crippen LogP contribution in [-0.2, 0) is 17.9 Å². The molecule has 0 N–H and O–H groups in total. The molecule has 33 heavy (non-hydrogen) atoms. The number of allylic oxidation sites excluding steroid dienone is 3. The van der Waals surface area contributed by atoms with Crippen LogP contribution in [0, 0.1) is 26.7 Å². The molecular weight excluding hydrogens is 406 g/mol. The zero-order valence-corrected chi connectivity index (χ0v) is 21.2. The van der Waals surface area contributed by atoms with Crippen molar-refractivity contribution in [1.82, 2.24) is 9.78 Å². The van der Waals surface area contributed by atoms with E-state index in [1.807, 2.05) is 4.68 Å². The van der Waals surface area contributed by atoms with Crippen molar-refractivity contribution >= 4 is 11.6 Å². The van der Waals surface area contributed by atoms with Gasteiger partial charge in [-0.15, -0.1) is 0 Å². The van der Waals surface area contributed by atoms with Crippen LogP contribution in [0.1, 0.15) is 86.9 Å². The van der Waals surface area contributed by atoms with E-state index in [2.05, 4.69) is 76.8 Å². The van der Waals surface area contributed by atoms with Crippen LogP contribution in [-0.4, -0.2) is 15.7 Å². The molecule has 2 aliphatic rings. The first-order chi connectivity index (χ1) is 15.8. The summed E-state index contributed by atoms with van der Waals surface area (Å²) in [5, 5.41) is 4.73. The molecule has 0 saturated carbocycles. The van der Waals surface area contributed by atoms with Crippen LogP contribution < -0.4 is 4.90 Å². The first kappa shape index (κ1) is 23.5. The Kier molecular flexibility index (Phi) is 6.92. The minimum absolute atomic E-state index is 0.0451. The molecule has 4 heteroatoms. The van der Waals surface area contributed by atoms with Crippen LogP contribution >= 0.6 is 0 Å². The number of nitrogens with zero attached hydrogens (tertiary/aromatic N) is 3. The van der Waals surface area contributed by atoms with Gasteiger partial charge in [-0.1, -0.05) is 43.7 Å². The summed E-state index contributed by atoms with van der Waals surface area (Å²) in [6.07, 6.45) is 9.89. The highest BCUT2D eigenvalue weighted by atomic mass is 16.2. The normalized spacial score (nSPS) is 18.1. The second-order valence-electron chi connectivity index (χ2n) is 10.0. The fraction of sp³-hybridized carbons (Fsp3) is 0.517. The van der Waals surface area contributed by atoms with Gasteiger partial charge >= 0.3 is 0 Å². The highest BCUT2D eigenvalue weighted by Crippen LogP contribution is 2.39. The lowest BCUT2D eigenvalue weighted by Crippen LogP contribution is -2.38. The minimum atomic E-state index is -0.0451. The highest BCUT2D eigenvalue weighted by molar-refractivity contribution is 5.98. The number of amides is 1. The lowest BCUT2D eigenvalue weighted by Gasteiger charge is -2.34. The molecule has 1 aromatic carbocycles. The van der Waals surface area contributed by atoms with Crippen molar-refractivity contribution in [3.8, 4) is 0 Å². The summed E-state index contributed by atoms with van der Waals surface area (Å²) in [5.41, 5.74) is 9.64. The number of aryl methyl sites for hydroxylation is 3. The first-order valence-corrected chi connectivity index (χ1v) is 12.6. The Balaban J connectivity index is 1.77. The number of anilines is 1. The van der Waals surface area contributed by atoms with Gasteiger partial charge in [0.05, 0.1) is 18.2 Å². The third-order valence-electron chi connectivity index (χ3n) is 7.55. The monoisotopic (exact) mass is 445 g/mol. The van der Waals surface area contributed by atoms with E-state index in [-0.39, 0.29) is 11.8 Å². The lowest BCUT2D eigenvalue weighted by atomic mass is 9.78. The van der Waals surface area contributed by atoms with Crippen molar-refractivity contribution in [2.24, 2.45) is 5.92 Å². The number of rotatable bonds is 6. The van der Waals surface area contributed by atoms with Gasteiger partial charge < -0.3 is 4.90 Å². The van der Waals surface area contributed by atoms with Gasteiger partial charge in [-0.05, 0) is 88.5 Å². The van der Waals surface area contributed by atoms with Crippen LogP contribution in [0.2, 0.25) is 0 Å². The van der Waals surface area contributed by atoms with E-state index in [9.17, 15) is 4.79 Å². The third-order valence-corrected chi connectivity index (χ3v) is 7.55. The van der Waals surface area contributed by atoms with Gasteiger partial charge in [0, 0.05) is 23.5 Å². The fourth-order valence-electron chi connectivity index (χ4n) is 5.53. The van der Waals surface area contributed by atoms with Crippen molar-refractivity contribution in [3.63, 3.8) is 0 Å². The van der Waals surface area contributed by atoms with E-state index >= 15 is 0 Å². The smallest absolute Gasteiger partial charge is 0.234 e. The third kappa shape index (κ3) is 4.58. The molecule has 4 nitrogen and oxygen atoms in total. The van der Waals surface area contributed by atoms with E-state index in [4.69, 9.17) is 5.10 Å². The van der Waals surface area contributed by atoms with Crippen molar-refractivity contribution in [3.05, 3.63) is 69.6 Å². The summed E-state index contributed by atoms with van der Waals surface area (Å²) >= 11 is 0. The largest absolute Gasteiger partial charge is 0.307 e. The van der Waals surface area contributed by atoms with Crippen molar-refractivity contribution in [2.45, 2.75) is 92.7 Å². The number of aromatic nitrogens is 2. The summed E-state index contributed by atoms with van der Waals surface area (Å²) in [5.74, 6) is 0.654. The summed E-state index contributed by atoms with van der Waals surface area (Å²) in [7, 11) is 0. The Hall–Kier alpha value is -2.62. The summed E-state index contributed by atoms with van der Waals surface area (Å²) in [6, 6.07) is 6.60. The van der Waals surface area contributed by atoms with Gasteiger partial charge in [0.2, 0.25) is 5.91 Å². The molecule has 2 aromatic rings. The maximum absolute atomic E-state index is 14.3. The summed E-state index contributed by atoms with van der Waals surface area (Å²) in [6.45, 7) is 14.3. The molecule has 0 saturated heterocycles. The van der Waals surface area contributed by atoms with E-state index in [0.29, 0.717) is 12.5 Å². The predicted molar refractivity (Wildman–Crippen MR) is 137 cm³/mol. The molecule has 1 heterocycles. The molecule has 0 fully saturated rings. The molecule has 0 aliphatic heterocycles. The number of hydrogen-bond acceptors (Lipinski definition) is 2. The Morgan fingerprint density at radius 3 is 2.67 bits per heavy atom. The van der Waals surface area contributed by atoms with Gasteiger partial charge in [-0.3, -0.25) is 9.48 Å². The van der Waals surface area contributed by atoms with E-state index in [1.165, 1.54) is 22.3 Å². The zero-order chi connectivity index (χ0) is 23.7. The van der Waals surface area contributed by atoms with Gasteiger partial charge in [0.25, 0.3) is 0 Å². The minimum Gasteiger partial charge on any atom is -0.307 e. The van der Waals surface area contributed by atoms with Crippen LogP contribution in [0.25, 0.3) is 0 Å². The first-order valence-electron chi connectivity index (χ1n) is 12.6. The van der Waals surface area contributed by atoms with Gasteiger partial charge in [0.15, 0.2) is 0 Å². The average Bonchev–Trinajstić information content (AvgIpc) is 3.09.